The molecule has 0 saturated heterocycles. The van der Waals surface area contributed by atoms with E-state index in [2.05, 4.69) is 10.5 Å². The molecule has 128 valence electrons. The first-order valence-corrected chi connectivity index (χ1v) is 7.71. The van der Waals surface area contributed by atoms with Crippen LogP contribution in [0, 0.1) is 12.7 Å². The van der Waals surface area contributed by atoms with Crippen LogP contribution in [0.25, 0.3) is 11.3 Å². The maximum Gasteiger partial charge on any atom is 0.230 e. The number of halogens is 1. The lowest BCUT2D eigenvalue weighted by Gasteiger charge is -2.05. The molecule has 0 aliphatic heterocycles. The van der Waals surface area contributed by atoms with Gasteiger partial charge in [-0.2, -0.15) is 0 Å². The normalized spacial score (nSPS) is 10.5. The topological polar surface area (TPSA) is 64.4 Å². The number of hydrogen-bond donors (Lipinski definition) is 1. The fourth-order valence-corrected chi connectivity index (χ4v) is 2.33. The van der Waals surface area contributed by atoms with E-state index in [0.29, 0.717) is 22.7 Å². The molecule has 0 saturated carbocycles. The number of ether oxygens (including phenoxy) is 1. The van der Waals surface area contributed by atoms with Crippen LogP contribution in [0.1, 0.15) is 11.3 Å². The number of nitrogens with one attached hydrogen (secondary N) is 1. The van der Waals surface area contributed by atoms with Crippen molar-refractivity contribution in [3.8, 4) is 17.1 Å². The second-order valence-corrected chi connectivity index (χ2v) is 5.60. The highest BCUT2D eigenvalue weighted by Gasteiger charge is 2.11. The van der Waals surface area contributed by atoms with Crippen molar-refractivity contribution in [2.45, 2.75) is 13.3 Å². The van der Waals surface area contributed by atoms with E-state index in [9.17, 15) is 9.18 Å². The number of methoxy groups -OCH3 is 1. The number of carbonyl (C=O) groups is 1. The highest BCUT2D eigenvalue weighted by molar-refractivity contribution is 5.92. The summed E-state index contributed by atoms with van der Waals surface area (Å²) in [5, 5.41) is 6.55. The van der Waals surface area contributed by atoms with Crippen LogP contribution in [-0.4, -0.2) is 18.2 Å². The second kappa shape index (κ2) is 7.17. The minimum atomic E-state index is -0.360. The first kappa shape index (κ1) is 16.7. The van der Waals surface area contributed by atoms with E-state index < -0.39 is 0 Å². The summed E-state index contributed by atoms with van der Waals surface area (Å²) in [6.45, 7) is 1.66. The molecule has 1 N–H and O–H groups in total. The van der Waals surface area contributed by atoms with Crippen molar-refractivity contribution in [2.75, 3.05) is 12.4 Å². The van der Waals surface area contributed by atoms with Gasteiger partial charge in [0.05, 0.1) is 19.2 Å². The molecule has 25 heavy (non-hydrogen) atoms. The number of aromatic nitrogens is 1. The van der Waals surface area contributed by atoms with Crippen molar-refractivity contribution in [2.24, 2.45) is 0 Å². The number of amides is 1. The van der Waals surface area contributed by atoms with Gasteiger partial charge in [0.1, 0.15) is 11.6 Å². The molecule has 0 atom stereocenters. The van der Waals surface area contributed by atoms with Crippen LogP contribution in [0.3, 0.4) is 0 Å². The van der Waals surface area contributed by atoms with Gasteiger partial charge in [0.2, 0.25) is 5.91 Å². The molecule has 0 unspecified atom stereocenters. The molecule has 3 rings (SSSR count). The molecule has 2 aromatic carbocycles. The van der Waals surface area contributed by atoms with Crippen molar-refractivity contribution in [3.63, 3.8) is 0 Å². The molecule has 6 heteroatoms. The summed E-state index contributed by atoms with van der Waals surface area (Å²) in [5.74, 6) is 0.652. The number of hydrogen-bond acceptors (Lipinski definition) is 4. The Kier molecular flexibility index (Phi) is 4.79. The largest absolute Gasteiger partial charge is 0.497 e. The number of carbonyl (C=O) groups excluding carboxylic acids is 1. The standard InChI is InChI=1S/C19H17FN2O3/c1-12-3-6-14(9-17(12)20)21-19(23)11-15-10-18(25-22-15)13-4-7-16(24-2)8-5-13/h3-10H,11H2,1-2H3,(H,21,23). The van der Waals surface area contributed by atoms with Gasteiger partial charge >= 0.3 is 0 Å². The molecule has 0 aliphatic rings. The molecular weight excluding hydrogens is 323 g/mol. The number of anilines is 1. The monoisotopic (exact) mass is 340 g/mol. The molecular formula is C19H17FN2O3. The number of aryl methyl sites for hydroxylation is 1. The van der Waals surface area contributed by atoms with E-state index in [0.717, 1.165) is 11.3 Å². The first-order chi connectivity index (χ1) is 12.0. The van der Waals surface area contributed by atoms with Gasteiger partial charge in [-0.3, -0.25) is 4.79 Å². The summed E-state index contributed by atoms with van der Waals surface area (Å²) in [4.78, 5) is 12.1. The number of benzene rings is 2. The van der Waals surface area contributed by atoms with E-state index in [1.165, 1.54) is 6.07 Å². The van der Waals surface area contributed by atoms with Crippen LogP contribution in [0.2, 0.25) is 0 Å². The molecule has 1 amide bonds. The van der Waals surface area contributed by atoms with Crippen molar-refractivity contribution in [3.05, 3.63) is 65.6 Å². The Balaban J connectivity index is 1.65. The second-order valence-electron chi connectivity index (χ2n) is 5.60. The Hall–Kier alpha value is -3.15. The highest BCUT2D eigenvalue weighted by atomic mass is 19.1. The third-order valence-electron chi connectivity index (χ3n) is 3.73. The highest BCUT2D eigenvalue weighted by Crippen LogP contribution is 2.23. The van der Waals surface area contributed by atoms with E-state index in [-0.39, 0.29) is 18.1 Å². The fraction of sp³-hybridized carbons (Fsp3) is 0.158. The molecule has 5 nitrogen and oxygen atoms in total. The summed E-state index contributed by atoms with van der Waals surface area (Å²) < 4.78 is 23.9. The lowest BCUT2D eigenvalue weighted by atomic mass is 10.1. The van der Waals surface area contributed by atoms with Crippen molar-refractivity contribution < 1.29 is 18.4 Å². The van der Waals surface area contributed by atoms with Crippen molar-refractivity contribution in [1.82, 2.24) is 5.16 Å². The summed E-state index contributed by atoms with van der Waals surface area (Å²) in [7, 11) is 1.60. The molecule has 1 heterocycles. The van der Waals surface area contributed by atoms with Crippen LogP contribution in [0.5, 0.6) is 5.75 Å². The maximum absolute atomic E-state index is 13.5. The Morgan fingerprint density at radius 3 is 2.64 bits per heavy atom. The number of rotatable bonds is 5. The van der Waals surface area contributed by atoms with Gasteiger partial charge in [0.25, 0.3) is 0 Å². The maximum atomic E-state index is 13.5. The summed E-state index contributed by atoms with van der Waals surface area (Å²) >= 11 is 0. The van der Waals surface area contributed by atoms with Gasteiger partial charge in [-0.15, -0.1) is 0 Å². The predicted octanol–water partition coefficient (Wildman–Crippen LogP) is 3.98. The zero-order chi connectivity index (χ0) is 17.8. The van der Waals surface area contributed by atoms with E-state index in [1.807, 2.05) is 24.3 Å². The van der Waals surface area contributed by atoms with Gasteiger partial charge in [0.15, 0.2) is 5.76 Å². The Bertz CT molecular complexity index is 888. The van der Waals surface area contributed by atoms with E-state index >= 15 is 0 Å². The van der Waals surface area contributed by atoms with E-state index in [4.69, 9.17) is 9.26 Å². The van der Waals surface area contributed by atoms with Crippen LogP contribution in [0.15, 0.2) is 53.1 Å². The Morgan fingerprint density at radius 1 is 1.20 bits per heavy atom. The third kappa shape index (κ3) is 4.03. The summed E-state index contributed by atoms with van der Waals surface area (Å²) in [5.41, 5.74) is 2.27. The van der Waals surface area contributed by atoms with E-state index in [1.54, 1.807) is 32.2 Å². The SMILES string of the molecule is COc1ccc(-c2cc(CC(=O)Nc3ccc(C)c(F)c3)no2)cc1. The zero-order valence-electron chi connectivity index (χ0n) is 13.9. The van der Waals surface area contributed by atoms with Gasteiger partial charge in [0, 0.05) is 17.3 Å². The molecule has 0 aliphatic carbocycles. The summed E-state index contributed by atoms with van der Waals surface area (Å²) in [6, 6.07) is 13.6. The quantitative estimate of drug-likeness (QED) is 0.763. The predicted molar refractivity (Wildman–Crippen MR) is 92.0 cm³/mol. The van der Waals surface area contributed by atoms with Crippen molar-refractivity contribution >= 4 is 11.6 Å². The molecule has 3 aromatic rings. The van der Waals surface area contributed by atoms with Gasteiger partial charge in [-0.1, -0.05) is 11.2 Å². The van der Waals surface area contributed by atoms with Crippen LogP contribution in [0.4, 0.5) is 10.1 Å². The zero-order valence-corrected chi connectivity index (χ0v) is 13.9. The molecule has 0 fully saturated rings. The molecule has 0 bridgehead atoms. The van der Waals surface area contributed by atoms with Gasteiger partial charge in [-0.25, -0.2) is 4.39 Å². The van der Waals surface area contributed by atoms with Crippen molar-refractivity contribution in [1.29, 1.82) is 0 Å². The lowest BCUT2D eigenvalue weighted by molar-refractivity contribution is -0.115. The number of nitrogens with zero attached hydrogens (tertiary/aromatic N) is 1. The molecule has 0 spiro atoms. The fourth-order valence-electron chi connectivity index (χ4n) is 2.33. The average molecular weight is 340 g/mol. The molecule has 0 radical (unpaired) electrons. The van der Waals surface area contributed by atoms with Crippen LogP contribution < -0.4 is 10.1 Å². The van der Waals surface area contributed by atoms with Crippen LogP contribution in [-0.2, 0) is 11.2 Å². The Labute approximate surface area is 144 Å². The van der Waals surface area contributed by atoms with Crippen LogP contribution >= 0.6 is 0 Å². The minimum Gasteiger partial charge on any atom is -0.497 e. The lowest BCUT2D eigenvalue weighted by Crippen LogP contribution is -2.14. The Morgan fingerprint density at radius 2 is 1.96 bits per heavy atom. The third-order valence-corrected chi connectivity index (χ3v) is 3.73. The average Bonchev–Trinajstić information content (AvgIpc) is 3.06. The summed E-state index contributed by atoms with van der Waals surface area (Å²) in [6.07, 6.45) is 0.0369. The van der Waals surface area contributed by atoms with Gasteiger partial charge in [-0.05, 0) is 48.9 Å². The van der Waals surface area contributed by atoms with Gasteiger partial charge < -0.3 is 14.6 Å². The smallest absolute Gasteiger partial charge is 0.230 e. The minimum absolute atomic E-state index is 0.0369. The molecule has 1 aromatic heterocycles. The first-order valence-electron chi connectivity index (χ1n) is 7.71.